The number of nitro groups is 1. The molecule has 0 bridgehead atoms. The molecule has 1 amide bonds. The molecule has 0 aliphatic carbocycles. The van der Waals surface area contributed by atoms with Crippen molar-refractivity contribution in [3.63, 3.8) is 0 Å². The van der Waals surface area contributed by atoms with Crippen molar-refractivity contribution in [2.75, 3.05) is 0 Å². The average Bonchev–Trinajstić information content (AvgIpc) is 3.01. The van der Waals surface area contributed by atoms with Gasteiger partial charge in [0.1, 0.15) is 0 Å². The van der Waals surface area contributed by atoms with E-state index in [1.165, 1.54) is 10.7 Å². The van der Waals surface area contributed by atoms with E-state index in [0.717, 1.165) is 11.3 Å². The van der Waals surface area contributed by atoms with Crippen molar-refractivity contribution in [1.82, 2.24) is 24.9 Å². The van der Waals surface area contributed by atoms with E-state index in [-0.39, 0.29) is 24.2 Å². The summed E-state index contributed by atoms with van der Waals surface area (Å²) in [5.74, 6) is -0.347. The molecule has 9 heteroatoms. The maximum atomic E-state index is 12.1. The molecule has 0 saturated carbocycles. The largest absolute Gasteiger partial charge is 0.390 e. The predicted molar refractivity (Wildman–Crippen MR) is 82.7 cm³/mol. The minimum atomic E-state index is -0.545. The van der Waals surface area contributed by atoms with Gasteiger partial charge in [-0.25, -0.2) is 0 Å². The van der Waals surface area contributed by atoms with Crippen LogP contribution in [-0.2, 0) is 18.4 Å². The molecule has 1 atom stereocenters. The van der Waals surface area contributed by atoms with Gasteiger partial charge in [0, 0.05) is 24.7 Å². The van der Waals surface area contributed by atoms with E-state index in [1.807, 2.05) is 20.9 Å². The number of hydrogen-bond acceptors (Lipinski definition) is 5. The number of nitrogens with zero attached hydrogens (tertiary/aromatic N) is 5. The number of aryl methyl sites for hydroxylation is 3. The van der Waals surface area contributed by atoms with E-state index < -0.39 is 4.92 Å². The minimum absolute atomic E-state index is 0.140. The molecule has 0 saturated heterocycles. The van der Waals surface area contributed by atoms with Crippen LogP contribution in [0.5, 0.6) is 0 Å². The molecule has 0 radical (unpaired) electrons. The summed E-state index contributed by atoms with van der Waals surface area (Å²) in [5, 5.41) is 21.6. The third kappa shape index (κ3) is 3.74. The van der Waals surface area contributed by atoms with Crippen molar-refractivity contribution in [3.05, 3.63) is 39.3 Å². The number of carbonyl (C=O) groups is 1. The van der Waals surface area contributed by atoms with Gasteiger partial charge in [0.05, 0.1) is 35.6 Å². The van der Waals surface area contributed by atoms with E-state index in [9.17, 15) is 14.9 Å². The second-order valence-corrected chi connectivity index (χ2v) is 5.47. The number of amides is 1. The van der Waals surface area contributed by atoms with E-state index in [2.05, 4.69) is 15.5 Å². The highest BCUT2D eigenvalue weighted by Crippen LogP contribution is 2.16. The number of hydrogen-bond donors (Lipinski definition) is 1. The van der Waals surface area contributed by atoms with Crippen molar-refractivity contribution in [2.45, 2.75) is 39.8 Å². The molecule has 1 N–H and O–H groups in total. The molecule has 0 aliphatic heterocycles. The lowest BCUT2D eigenvalue weighted by Crippen LogP contribution is -2.28. The van der Waals surface area contributed by atoms with Crippen LogP contribution in [0.3, 0.4) is 0 Å². The van der Waals surface area contributed by atoms with Crippen LogP contribution in [0.25, 0.3) is 0 Å². The molecule has 2 aromatic heterocycles. The molecule has 1 unspecified atom stereocenters. The Morgan fingerprint density at radius 1 is 1.48 bits per heavy atom. The zero-order valence-corrected chi connectivity index (χ0v) is 13.6. The van der Waals surface area contributed by atoms with E-state index in [4.69, 9.17) is 0 Å². The van der Waals surface area contributed by atoms with Gasteiger partial charge in [0.15, 0.2) is 0 Å². The Balaban J connectivity index is 1.92. The van der Waals surface area contributed by atoms with Gasteiger partial charge in [-0.05, 0) is 25.7 Å². The summed E-state index contributed by atoms with van der Waals surface area (Å²) in [4.78, 5) is 22.2. The normalized spacial score (nSPS) is 12.2. The van der Waals surface area contributed by atoms with Crippen molar-refractivity contribution >= 4 is 11.7 Å². The number of carbonyl (C=O) groups excluding carboxylic acids is 1. The SMILES string of the molecule is Cc1c(C(C)NC(=O)CCn2nc([N+](=O)[O-])cc2C)cnn1C. The Morgan fingerprint density at radius 2 is 2.17 bits per heavy atom. The van der Waals surface area contributed by atoms with Gasteiger partial charge in [0.2, 0.25) is 5.91 Å². The second kappa shape index (κ2) is 6.59. The molecule has 23 heavy (non-hydrogen) atoms. The minimum Gasteiger partial charge on any atom is -0.358 e. The monoisotopic (exact) mass is 320 g/mol. The highest BCUT2D eigenvalue weighted by atomic mass is 16.6. The van der Waals surface area contributed by atoms with Gasteiger partial charge < -0.3 is 15.4 Å². The fraction of sp³-hybridized carbons (Fsp3) is 0.500. The van der Waals surface area contributed by atoms with Gasteiger partial charge in [-0.15, -0.1) is 0 Å². The standard InChI is InChI=1S/C14H20N6O3/c1-9-7-13(20(22)23)17-19(9)6-5-14(21)16-10(2)12-8-15-18(4)11(12)3/h7-8,10H,5-6H2,1-4H3,(H,16,21). The Kier molecular flexibility index (Phi) is 4.77. The Hall–Kier alpha value is -2.71. The van der Waals surface area contributed by atoms with Crippen LogP contribution in [0.15, 0.2) is 12.3 Å². The summed E-state index contributed by atoms with van der Waals surface area (Å²) >= 11 is 0. The van der Waals surface area contributed by atoms with E-state index in [1.54, 1.807) is 17.8 Å². The summed E-state index contributed by atoms with van der Waals surface area (Å²) in [7, 11) is 1.85. The predicted octanol–water partition coefficient (Wildman–Crippen LogP) is 1.41. The zero-order valence-electron chi connectivity index (χ0n) is 13.6. The van der Waals surface area contributed by atoms with Crippen molar-refractivity contribution < 1.29 is 9.72 Å². The highest BCUT2D eigenvalue weighted by Gasteiger charge is 2.18. The Morgan fingerprint density at radius 3 is 2.70 bits per heavy atom. The number of nitrogens with one attached hydrogen (secondary N) is 1. The fourth-order valence-corrected chi connectivity index (χ4v) is 2.35. The number of rotatable bonds is 6. The molecule has 2 rings (SSSR count). The second-order valence-electron chi connectivity index (χ2n) is 5.47. The molecule has 0 spiro atoms. The molecule has 0 fully saturated rings. The highest BCUT2D eigenvalue weighted by molar-refractivity contribution is 5.76. The smallest absolute Gasteiger partial charge is 0.358 e. The summed E-state index contributed by atoms with van der Waals surface area (Å²) in [5.41, 5.74) is 2.61. The first-order valence-corrected chi connectivity index (χ1v) is 7.26. The van der Waals surface area contributed by atoms with Crippen LogP contribution in [-0.4, -0.2) is 30.4 Å². The van der Waals surface area contributed by atoms with Gasteiger partial charge in [-0.3, -0.25) is 9.48 Å². The lowest BCUT2D eigenvalue weighted by molar-refractivity contribution is -0.389. The van der Waals surface area contributed by atoms with Crippen molar-refractivity contribution in [2.24, 2.45) is 7.05 Å². The lowest BCUT2D eigenvalue weighted by Gasteiger charge is -2.13. The quantitative estimate of drug-likeness (QED) is 0.639. The summed E-state index contributed by atoms with van der Waals surface area (Å²) in [6.45, 7) is 5.85. The first kappa shape index (κ1) is 16.7. The Bertz CT molecular complexity index is 733. The molecule has 9 nitrogen and oxygen atoms in total. The molecular weight excluding hydrogens is 300 g/mol. The summed E-state index contributed by atoms with van der Waals surface area (Å²) in [6.07, 6.45) is 1.94. The van der Waals surface area contributed by atoms with Crippen LogP contribution in [0, 0.1) is 24.0 Å². The maximum absolute atomic E-state index is 12.1. The summed E-state index contributed by atoms with van der Waals surface area (Å²) < 4.78 is 3.22. The number of aromatic nitrogens is 4. The maximum Gasteiger partial charge on any atom is 0.390 e. The Labute approximate surface area is 133 Å². The topological polar surface area (TPSA) is 108 Å². The van der Waals surface area contributed by atoms with Gasteiger partial charge in [-0.1, -0.05) is 0 Å². The van der Waals surface area contributed by atoms with Crippen molar-refractivity contribution in [3.8, 4) is 0 Å². The van der Waals surface area contributed by atoms with Crippen LogP contribution >= 0.6 is 0 Å². The van der Waals surface area contributed by atoms with Crippen LogP contribution in [0.4, 0.5) is 5.82 Å². The first-order chi connectivity index (χ1) is 10.8. The van der Waals surface area contributed by atoms with Crippen LogP contribution in [0.2, 0.25) is 0 Å². The fourth-order valence-electron chi connectivity index (χ4n) is 2.35. The zero-order chi connectivity index (χ0) is 17.1. The first-order valence-electron chi connectivity index (χ1n) is 7.26. The molecule has 2 heterocycles. The van der Waals surface area contributed by atoms with Crippen LogP contribution in [0.1, 0.15) is 36.3 Å². The molecular formula is C14H20N6O3. The average molecular weight is 320 g/mol. The van der Waals surface area contributed by atoms with E-state index >= 15 is 0 Å². The molecule has 2 aromatic rings. The van der Waals surface area contributed by atoms with Crippen molar-refractivity contribution in [1.29, 1.82) is 0 Å². The van der Waals surface area contributed by atoms with Gasteiger partial charge in [-0.2, -0.15) is 9.78 Å². The molecule has 0 aliphatic rings. The summed E-state index contributed by atoms with van der Waals surface area (Å²) in [6, 6.07) is 1.24. The third-order valence-corrected chi connectivity index (χ3v) is 3.82. The van der Waals surface area contributed by atoms with Crippen LogP contribution < -0.4 is 5.32 Å². The third-order valence-electron chi connectivity index (χ3n) is 3.82. The van der Waals surface area contributed by atoms with E-state index in [0.29, 0.717) is 12.2 Å². The van der Waals surface area contributed by atoms with Gasteiger partial charge >= 0.3 is 5.82 Å². The van der Waals surface area contributed by atoms with Gasteiger partial charge in [0.25, 0.3) is 0 Å². The lowest BCUT2D eigenvalue weighted by atomic mass is 10.1. The molecule has 124 valence electrons. The molecule has 0 aromatic carbocycles.